The van der Waals surface area contributed by atoms with Crippen molar-refractivity contribution in [3.05, 3.63) is 29.6 Å². The number of hydrogen-bond acceptors (Lipinski definition) is 3. The van der Waals surface area contributed by atoms with E-state index in [4.69, 9.17) is 0 Å². The third kappa shape index (κ3) is 2.45. The maximum atomic E-state index is 11.8. The van der Waals surface area contributed by atoms with Gasteiger partial charge in [-0.3, -0.25) is 9.59 Å². The summed E-state index contributed by atoms with van der Waals surface area (Å²) in [6, 6.07) is 5.14. The van der Waals surface area contributed by atoms with Crippen LogP contribution in [0.5, 0.6) is 0 Å². The van der Waals surface area contributed by atoms with Crippen LogP contribution in [-0.2, 0) is 0 Å². The first-order chi connectivity index (χ1) is 7.79. The first kappa shape index (κ1) is 10.8. The monoisotopic (exact) mass is 218 g/mol. The number of nitrogens with zero attached hydrogens (tertiary/aromatic N) is 1. The minimum atomic E-state index is -0.185. The average Bonchev–Trinajstić information content (AvgIpc) is 2.82. The topological polar surface area (TPSA) is 59.1 Å². The van der Waals surface area contributed by atoms with Gasteiger partial charge >= 0.3 is 0 Å². The number of amides is 1. The van der Waals surface area contributed by atoms with Crippen molar-refractivity contribution in [2.75, 3.05) is 0 Å². The zero-order chi connectivity index (χ0) is 11.4. The van der Waals surface area contributed by atoms with Gasteiger partial charge in [0.25, 0.3) is 5.91 Å². The van der Waals surface area contributed by atoms with Gasteiger partial charge in [0.15, 0.2) is 6.29 Å². The summed E-state index contributed by atoms with van der Waals surface area (Å²) >= 11 is 0. The fourth-order valence-electron chi connectivity index (χ4n) is 1.97. The number of rotatable bonds is 3. The quantitative estimate of drug-likeness (QED) is 0.783. The molecule has 0 aromatic carbocycles. The number of carbonyl (C=O) groups is 2. The van der Waals surface area contributed by atoms with E-state index in [1.54, 1.807) is 18.2 Å². The van der Waals surface area contributed by atoms with Crippen LogP contribution in [0.15, 0.2) is 18.2 Å². The zero-order valence-corrected chi connectivity index (χ0v) is 8.98. The van der Waals surface area contributed by atoms with Crippen molar-refractivity contribution in [3.63, 3.8) is 0 Å². The number of carbonyl (C=O) groups excluding carboxylic acids is 2. The highest BCUT2D eigenvalue weighted by Gasteiger charge is 2.18. The lowest BCUT2D eigenvalue weighted by atomic mass is 10.2. The smallest absolute Gasteiger partial charge is 0.270 e. The molecular formula is C12H14N2O2. The van der Waals surface area contributed by atoms with E-state index in [1.807, 2.05) is 0 Å². The summed E-state index contributed by atoms with van der Waals surface area (Å²) in [4.78, 5) is 26.3. The predicted octanol–water partition coefficient (Wildman–Crippen LogP) is 1.57. The molecule has 1 aliphatic rings. The van der Waals surface area contributed by atoms with Gasteiger partial charge < -0.3 is 5.32 Å². The van der Waals surface area contributed by atoms with E-state index in [9.17, 15) is 9.59 Å². The van der Waals surface area contributed by atoms with Crippen LogP contribution in [0.3, 0.4) is 0 Å². The maximum absolute atomic E-state index is 11.8. The van der Waals surface area contributed by atoms with Crippen LogP contribution < -0.4 is 5.32 Å². The predicted molar refractivity (Wildman–Crippen MR) is 59.3 cm³/mol. The summed E-state index contributed by atoms with van der Waals surface area (Å²) in [6.45, 7) is 0. The second-order valence-corrected chi connectivity index (χ2v) is 4.02. The summed E-state index contributed by atoms with van der Waals surface area (Å²) in [5, 5.41) is 2.93. The molecule has 1 aromatic heterocycles. The minimum absolute atomic E-state index is 0.185. The van der Waals surface area contributed by atoms with E-state index in [1.165, 1.54) is 12.8 Å². The fraction of sp³-hybridized carbons (Fsp3) is 0.417. The molecule has 1 amide bonds. The third-order valence-corrected chi connectivity index (χ3v) is 2.81. The number of nitrogens with one attached hydrogen (secondary N) is 1. The second-order valence-electron chi connectivity index (χ2n) is 4.02. The van der Waals surface area contributed by atoms with Crippen LogP contribution in [-0.4, -0.2) is 23.2 Å². The molecule has 0 bridgehead atoms. The molecule has 0 saturated heterocycles. The lowest BCUT2D eigenvalue weighted by Gasteiger charge is -2.11. The van der Waals surface area contributed by atoms with Crippen LogP contribution in [0.2, 0.25) is 0 Å². The summed E-state index contributed by atoms with van der Waals surface area (Å²) < 4.78 is 0. The van der Waals surface area contributed by atoms with Crippen molar-refractivity contribution in [2.45, 2.75) is 31.7 Å². The highest BCUT2D eigenvalue weighted by molar-refractivity contribution is 5.93. The first-order valence-electron chi connectivity index (χ1n) is 5.52. The normalized spacial score (nSPS) is 16.0. The Kier molecular flexibility index (Phi) is 3.29. The highest BCUT2D eigenvalue weighted by Crippen LogP contribution is 2.17. The Hall–Kier alpha value is -1.71. The largest absolute Gasteiger partial charge is 0.348 e. The Morgan fingerprint density at radius 1 is 1.38 bits per heavy atom. The van der Waals surface area contributed by atoms with E-state index in [-0.39, 0.29) is 11.9 Å². The zero-order valence-electron chi connectivity index (χ0n) is 8.98. The van der Waals surface area contributed by atoms with Crippen LogP contribution in [0.4, 0.5) is 0 Å². The van der Waals surface area contributed by atoms with Crippen molar-refractivity contribution in [1.29, 1.82) is 0 Å². The fourth-order valence-corrected chi connectivity index (χ4v) is 1.97. The lowest BCUT2D eigenvalue weighted by Crippen LogP contribution is -2.33. The molecule has 1 N–H and O–H groups in total. The summed E-state index contributed by atoms with van der Waals surface area (Å²) in [5.41, 5.74) is 0.607. The summed E-state index contributed by atoms with van der Waals surface area (Å²) in [7, 11) is 0. The Morgan fingerprint density at radius 3 is 2.81 bits per heavy atom. The molecule has 0 aliphatic heterocycles. The Bertz CT molecular complexity index is 398. The van der Waals surface area contributed by atoms with Crippen molar-refractivity contribution < 1.29 is 9.59 Å². The molecule has 16 heavy (non-hydrogen) atoms. The van der Waals surface area contributed by atoms with Gasteiger partial charge in [0.2, 0.25) is 0 Å². The number of hydrogen-bond donors (Lipinski definition) is 1. The third-order valence-electron chi connectivity index (χ3n) is 2.81. The van der Waals surface area contributed by atoms with E-state index in [0.717, 1.165) is 12.8 Å². The van der Waals surface area contributed by atoms with Crippen molar-refractivity contribution >= 4 is 12.2 Å². The van der Waals surface area contributed by atoms with Crippen LogP contribution >= 0.6 is 0 Å². The van der Waals surface area contributed by atoms with Gasteiger partial charge in [-0.25, -0.2) is 4.98 Å². The van der Waals surface area contributed by atoms with Gasteiger partial charge in [-0.15, -0.1) is 0 Å². The molecule has 0 spiro atoms. The number of aldehydes is 1. The summed E-state index contributed by atoms with van der Waals surface area (Å²) in [6.07, 6.45) is 5.07. The van der Waals surface area contributed by atoms with E-state index >= 15 is 0 Å². The Balaban J connectivity index is 2.04. The van der Waals surface area contributed by atoms with Crippen molar-refractivity contribution in [1.82, 2.24) is 10.3 Å². The molecule has 2 rings (SSSR count). The van der Waals surface area contributed by atoms with Crippen LogP contribution in [0.25, 0.3) is 0 Å². The van der Waals surface area contributed by atoms with Gasteiger partial charge in [0, 0.05) is 6.04 Å². The van der Waals surface area contributed by atoms with E-state index in [2.05, 4.69) is 10.3 Å². The highest BCUT2D eigenvalue weighted by atomic mass is 16.2. The molecule has 1 aromatic rings. The lowest BCUT2D eigenvalue weighted by molar-refractivity contribution is 0.0933. The van der Waals surface area contributed by atoms with Gasteiger partial charge in [0.05, 0.1) is 0 Å². The molecule has 1 heterocycles. The van der Waals surface area contributed by atoms with Gasteiger partial charge in [-0.1, -0.05) is 18.9 Å². The first-order valence-corrected chi connectivity index (χ1v) is 5.52. The van der Waals surface area contributed by atoms with Crippen molar-refractivity contribution in [2.24, 2.45) is 0 Å². The summed E-state index contributed by atoms with van der Waals surface area (Å²) in [5.74, 6) is -0.185. The Labute approximate surface area is 94.1 Å². The van der Waals surface area contributed by atoms with Crippen LogP contribution in [0.1, 0.15) is 46.7 Å². The average molecular weight is 218 g/mol. The number of aromatic nitrogens is 1. The SMILES string of the molecule is O=Cc1cccc(C(=O)NC2CCCC2)n1. The van der Waals surface area contributed by atoms with Gasteiger partial charge in [0.1, 0.15) is 11.4 Å². The van der Waals surface area contributed by atoms with Crippen molar-refractivity contribution in [3.8, 4) is 0 Å². The molecule has 4 nitrogen and oxygen atoms in total. The molecule has 0 atom stereocenters. The molecule has 1 aliphatic carbocycles. The van der Waals surface area contributed by atoms with E-state index < -0.39 is 0 Å². The molecular weight excluding hydrogens is 204 g/mol. The number of pyridine rings is 1. The van der Waals surface area contributed by atoms with Gasteiger partial charge in [-0.05, 0) is 25.0 Å². The maximum Gasteiger partial charge on any atom is 0.270 e. The second kappa shape index (κ2) is 4.88. The van der Waals surface area contributed by atoms with Gasteiger partial charge in [-0.2, -0.15) is 0 Å². The Morgan fingerprint density at radius 2 is 2.12 bits per heavy atom. The van der Waals surface area contributed by atoms with E-state index in [0.29, 0.717) is 17.7 Å². The molecule has 84 valence electrons. The minimum Gasteiger partial charge on any atom is -0.348 e. The molecule has 0 unspecified atom stereocenters. The standard InChI is InChI=1S/C12H14N2O2/c15-8-10-6-3-7-11(13-10)12(16)14-9-4-1-2-5-9/h3,6-9H,1-2,4-5H2,(H,14,16). The molecule has 0 radical (unpaired) electrons. The molecule has 1 saturated carbocycles. The molecule has 4 heteroatoms. The molecule has 1 fully saturated rings. The van der Waals surface area contributed by atoms with Crippen LogP contribution in [0, 0.1) is 0 Å².